The Labute approximate surface area is 113 Å². The molecule has 1 aromatic rings. The van der Waals surface area contributed by atoms with Crippen LogP contribution in [0.25, 0.3) is 0 Å². The van der Waals surface area contributed by atoms with Crippen LogP contribution >= 0.6 is 0 Å². The topological polar surface area (TPSA) is 92.2 Å². The van der Waals surface area contributed by atoms with Crippen LogP contribution in [-0.4, -0.2) is 45.4 Å². The number of nitrogens with zero attached hydrogens (tertiary/aromatic N) is 3. The van der Waals surface area contributed by atoms with E-state index < -0.39 is 5.60 Å². The summed E-state index contributed by atoms with van der Waals surface area (Å²) >= 11 is 0. The van der Waals surface area contributed by atoms with E-state index in [0.29, 0.717) is 31.6 Å². The lowest BCUT2D eigenvalue weighted by Crippen LogP contribution is -2.30. The van der Waals surface area contributed by atoms with Crippen molar-refractivity contribution in [1.29, 1.82) is 0 Å². The van der Waals surface area contributed by atoms with E-state index >= 15 is 0 Å². The highest BCUT2D eigenvalue weighted by molar-refractivity contribution is 5.36. The van der Waals surface area contributed by atoms with Gasteiger partial charge >= 0.3 is 6.01 Å². The zero-order valence-electron chi connectivity index (χ0n) is 12.0. The summed E-state index contributed by atoms with van der Waals surface area (Å²) in [5, 5.41) is 15.7. The Balaban J connectivity index is 2.79. The Morgan fingerprint density at radius 3 is 2.26 bits per heavy atom. The van der Waals surface area contributed by atoms with Crippen LogP contribution < -0.4 is 15.4 Å². The van der Waals surface area contributed by atoms with Crippen molar-refractivity contribution in [3.8, 4) is 6.01 Å². The minimum Gasteiger partial charge on any atom is -0.463 e. The monoisotopic (exact) mass is 269 g/mol. The highest BCUT2D eigenvalue weighted by atomic mass is 16.5. The van der Waals surface area contributed by atoms with Gasteiger partial charge in [0, 0.05) is 13.1 Å². The molecule has 0 unspecified atom stereocenters. The fraction of sp³-hybridized carbons (Fsp3) is 0.750. The molecule has 108 valence electrons. The summed E-state index contributed by atoms with van der Waals surface area (Å²) in [4.78, 5) is 12.5. The molecule has 7 nitrogen and oxygen atoms in total. The fourth-order valence-electron chi connectivity index (χ4n) is 1.23. The molecule has 1 aromatic heterocycles. The van der Waals surface area contributed by atoms with Gasteiger partial charge in [0.15, 0.2) is 0 Å². The van der Waals surface area contributed by atoms with Crippen molar-refractivity contribution in [1.82, 2.24) is 15.0 Å². The van der Waals surface area contributed by atoms with Gasteiger partial charge in [0.25, 0.3) is 0 Å². The maximum atomic E-state index is 9.68. The van der Waals surface area contributed by atoms with E-state index in [1.165, 1.54) is 0 Å². The van der Waals surface area contributed by atoms with Gasteiger partial charge in [-0.3, -0.25) is 0 Å². The Morgan fingerprint density at radius 2 is 1.74 bits per heavy atom. The van der Waals surface area contributed by atoms with Crippen molar-refractivity contribution in [3.63, 3.8) is 0 Å². The summed E-state index contributed by atoms with van der Waals surface area (Å²) in [7, 11) is 0. The summed E-state index contributed by atoms with van der Waals surface area (Å²) in [5.41, 5.74) is -0.838. The molecule has 0 saturated carbocycles. The molecule has 3 N–H and O–H groups in total. The summed E-state index contributed by atoms with van der Waals surface area (Å²) in [6.45, 7) is 9.00. The molecule has 19 heavy (non-hydrogen) atoms. The van der Waals surface area contributed by atoms with Crippen LogP contribution in [0.15, 0.2) is 0 Å². The third-order valence-electron chi connectivity index (χ3n) is 2.06. The van der Waals surface area contributed by atoms with Crippen molar-refractivity contribution in [2.45, 2.75) is 39.7 Å². The highest BCUT2D eigenvalue weighted by Crippen LogP contribution is 2.12. The quantitative estimate of drug-likeness (QED) is 0.654. The van der Waals surface area contributed by atoms with E-state index in [0.717, 1.165) is 6.42 Å². The first-order valence-electron chi connectivity index (χ1n) is 6.53. The van der Waals surface area contributed by atoms with E-state index in [4.69, 9.17) is 4.74 Å². The van der Waals surface area contributed by atoms with Gasteiger partial charge in [0.1, 0.15) is 0 Å². The molecule has 0 aliphatic heterocycles. The molecule has 0 fully saturated rings. The molecule has 1 heterocycles. The second-order valence-electron chi connectivity index (χ2n) is 4.81. The average Bonchev–Trinajstić information content (AvgIpc) is 2.33. The first kappa shape index (κ1) is 15.4. The molecule has 0 amide bonds. The number of nitrogens with one attached hydrogen (secondary N) is 2. The molecule has 0 radical (unpaired) electrons. The minimum atomic E-state index is -0.838. The number of rotatable bonds is 8. The normalized spacial score (nSPS) is 11.2. The molecule has 0 spiro atoms. The number of aromatic nitrogens is 3. The van der Waals surface area contributed by atoms with Crippen LogP contribution in [0.3, 0.4) is 0 Å². The third kappa shape index (κ3) is 6.19. The molecular formula is C12H23N5O2. The predicted octanol–water partition coefficient (Wildman–Crippen LogP) is 1.27. The van der Waals surface area contributed by atoms with Gasteiger partial charge in [-0.1, -0.05) is 6.92 Å². The Bertz CT molecular complexity index is 392. The molecule has 7 heteroatoms. The summed E-state index contributed by atoms with van der Waals surface area (Å²) in [6.07, 6.45) is 0.884. The smallest absolute Gasteiger partial charge is 0.323 e. The van der Waals surface area contributed by atoms with E-state index in [1.807, 2.05) is 13.8 Å². The Kier molecular flexibility index (Phi) is 5.75. The van der Waals surface area contributed by atoms with Crippen molar-refractivity contribution in [3.05, 3.63) is 0 Å². The lowest BCUT2D eigenvalue weighted by Gasteiger charge is -2.18. The van der Waals surface area contributed by atoms with Crippen molar-refractivity contribution in [2.24, 2.45) is 0 Å². The predicted molar refractivity (Wildman–Crippen MR) is 74.6 cm³/mol. The van der Waals surface area contributed by atoms with Crippen LogP contribution in [-0.2, 0) is 0 Å². The molecule has 0 aliphatic rings. The Hall–Kier alpha value is -1.63. The number of hydrogen-bond acceptors (Lipinski definition) is 7. The highest BCUT2D eigenvalue weighted by Gasteiger charge is 2.14. The molecule has 0 bridgehead atoms. The maximum absolute atomic E-state index is 9.68. The largest absolute Gasteiger partial charge is 0.463 e. The summed E-state index contributed by atoms with van der Waals surface area (Å²) in [6, 6.07) is 0.283. The molecule has 0 aliphatic carbocycles. The number of anilines is 2. The van der Waals surface area contributed by atoms with Crippen molar-refractivity contribution >= 4 is 11.9 Å². The first-order chi connectivity index (χ1) is 8.94. The van der Waals surface area contributed by atoms with Gasteiger partial charge in [0.2, 0.25) is 11.9 Å². The van der Waals surface area contributed by atoms with Gasteiger partial charge in [-0.25, -0.2) is 0 Å². The van der Waals surface area contributed by atoms with E-state index in [2.05, 4.69) is 25.6 Å². The van der Waals surface area contributed by atoms with Crippen LogP contribution in [0.1, 0.15) is 34.1 Å². The zero-order valence-corrected chi connectivity index (χ0v) is 12.0. The van der Waals surface area contributed by atoms with E-state index in [-0.39, 0.29) is 6.01 Å². The van der Waals surface area contributed by atoms with Crippen LogP contribution in [0, 0.1) is 0 Å². The first-order valence-corrected chi connectivity index (χ1v) is 6.53. The van der Waals surface area contributed by atoms with E-state index in [9.17, 15) is 5.11 Å². The summed E-state index contributed by atoms with van der Waals surface area (Å²) < 4.78 is 5.41. The standard InChI is InChI=1S/C12H23N5O2/c1-5-7-19-11-16-9(13-6-2)15-10(17-11)14-8-12(3,4)18/h18H,5-8H2,1-4H3,(H2,13,14,15,16,17). The number of hydrogen-bond donors (Lipinski definition) is 3. The van der Waals surface area contributed by atoms with Gasteiger partial charge in [0.05, 0.1) is 12.2 Å². The average molecular weight is 269 g/mol. The fourth-order valence-corrected chi connectivity index (χ4v) is 1.23. The van der Waals surface area contributed by atoms with Crippen LogP contribution in [0.2, 0.25) is 0 Å². The van der Waals surface area contributed by atoms with Gasteiger partial charge in [-0.05, 0) is 27.2 Å². The van der Waals surface area contributed by atoms with Crippen LogP contribution in [0.5, 0.6) is 6.01 Å². The second kappa shape index (κ2) is 7.08. The second-order valence-corrected chi connectivity index (χ2v) is 4.81. The minimum absolute atomic E-state index is 0.283. The van der Waals surface area contributed by atoms with Gasteiger partial charge in [-0.15, -0.1) is 0 Å². The number of aliphatic hydroxyl groups is 1. The maximum Gasteiger partial charge on any atom is 0.323 e. The molecule has 0 saturated heterocycles. The number of ether oxygens (including phenoxy) is 1. The molecular weight excluding hydrogens is 246 g/mol. The molecule has 1 rings (SSSR count). The van der Waals surface area contributed by atoms with Gasteiger partial charge < -0.3 is 20.5 Å². The molecule has 0 aromatic carbocycles. The lowest BCUT2D eigenvalue weighted by molar-refractivity contribution is 0.0943. The van der Waals surface area contributed by atoms with Crippen LogP contribution in [0.4, 0.5) is 11.9 Å². The van der Waals surface area contributed by atoms with Gasteiger partial charge in [-0.2, -0.15) is 15.0 Å². The lowest BCUT2D eigenvalue weighted by atomic mass is 10.1. The molecule has 0 atom stereocenters. The van der Waals surface area contributed by atoms with Crippen molar-refractivity contribution in [2.75, 3.05) is 30.3 Å². The Morgan fingerprint density at radius 1 is 1.11 bits per heavy atom. The SMILES string of the molecule is CCCOc1nc(NCC)nc(NCC(C)(C)O)n1. The zero-order chi connectivity index (χ0) is 14.3. The summed E-state index contributed by atoms with van der Waals surface area (Å²) in [5.74, 6) is 0.848. The van der Waals surface area contributed by atoms with Crippen molar-refractivity contribution < 1.29 is 9.84 Å². The van der Waals surface area contributed by atoms with E-state index in [1.54, 1.807) is 13.8 Å². The third-order valence-corrected chi connectivity index (χ3v) is 2.06.